The smallest absolute Gasteiger partial charge is 0.304 e. The number of carbonyl (C=O) groups is 1. The van der Waals surface area contributed by atoms with Gasteiger partial charge in [0, 0.05) is 11.3 Å². The average molecular weight is 288 g/mol. The van der Waals surface area contributed by atoms with E-state index in [4.69, 9.17) is 5.11 Å². The van der Waals surface area contributed by atoms with Gasteiger partial charge < -0.3 is 5.11 Å². The standard InChI is InChI=1S/C15H16N2O2S/c1-10-3-4-11(2)12(9-10)13-5-6-14(17-16-13)20-8-7-15(18)19/h3-6,9H,7-8H2,1-2H3,(H,18,19). The van der Waals surface area contributed by atoms with Crippen molar-refractivity contribution in [2.75, 3.05) is 5.75 Å². The van der Waals surface area contributed by atoms with E-state index in [1.165, 1.54) is 17.3 Å². The first-order chi connectivity index (χ1) is 9.56. The van der Waals surface area contributed by atoms with Gasteiger partial charge in [0.2, 0.25) is 0 Å². The Kier molecular flexibility index (Phi) is 4.74. The van der Waals surface area contributed by atoms with Crippen LogP contribution >= 0.6 is 11.8 Å². The summed E-state index contributed by atoms with van der Waals surface area (Å²) in [6, 6.07) is 10.1. The van der Waals surface area contributed by atoms with Crippen molar-refractivity contribution >= 4 is 17.7 Å². The van der Waals surface area contributed by atoms with Crippen molar-refractivity contribution in [3.05, 3.63) is 41.5 Å². The van der Waals surface area contributed by atoms with Crippen molar-refractivity contribution in [2.24, 2.45) is 0 Å². The highest BCUT2D eigenvalue weighted by molar-refractivity contribution is 7.99. The summed E-state index contributed by atoms with van der Waals surface area (Å²) in [5.41, 5.74) is 4.27. The van der Waals surface area contributed by atoms with E-state index >= 15 is 0 Å². The minimum atomic E-state index is -0.794. The molecule has 0 spiro atoms. The summed E-state index contributed by atoms with van der Waals surface area (Å²) < 4.78 is 0. The Morgan fingerprint density at radius 1 is 1.20 bits per heavy atom. The molecule has 20 heavy (non-hydrogen) atoms. The Balaban J connectivity index is 2.11. The van der Waals surface area contributed by atoms with Gasteiger partial charge in [-0.15, -0.1) is 22.0 Å². The zero-order chi connectivity index (χ0) is 14.5. The maximum Gasteiger partial charge on any atom is 0.304 e. The van der Waals surface area contributed by atoms with Crippen molar-refractivity contribution in [3.8, 4) is 11.3 Å². The Bertz CT molecular complexity index is 612. The van der Waals surface area contributed by atoms with Crippen LogP contribution in [0.15, 0.2) is 35.4 Å². The zero-order valence-corrected chi connectivity index (χ0v) is 12.3. The van der Waals surface area contributed by atoms with Crippen molar-refractivity contribution in [1.29, 1.82) is 0 Å². The lowest BCUT2D eigenvalue weighted by molar-refractivity contribution is -0.136. The predicted octanol–water partition coefficient (Wildman–Crippen LogP) is 3.33. The Labute approximate surface area is 122 Å². The second-order valence-corrected chi connectivity index (χ2v) is 5.68. The first-order valence-corrected chi connectivity index (χ1v) is 7.31. The van der Waals surface area contributed by atoms with Gasteiger partial charge in [-0.1, -0.05) is 17.7 Å². The molecule has 0 radical (unpaired) electrons. The third kappa shape index (κ3) is 3.81. The van der Waals surface area contributed by atoms with Gasteiger partial charge in [-0.2, -0.15) is 0 Å². The maximum absolute atomic E-state index is 10.4. The topological polar surface area (TPSA) is 63.1 Å². The number of carboxylic acids is 1. The maximum atomic E-state index is 10.4. The molecule has 1 N–H and O–H groups in total. The molecule has 5 heteroatoms. The summed E-state index contributed by atoms with van der Waals surface area (Å²) >= 11 is 1.41. The second kappa shape index (κ2) is 6.52. The number of aryl methyl sites for hydroxylation is 2. The van der Waals surface area contributed by atoms with Crippen molar-refractivity contribution < 1.29 is 9.90 Å². The fourth-order valence-electron chi connectivity index (χ4n) is 1.80. The highest BCUT2D eigenvalue weighted by atomic mass is 32.2. The first-order valence-electron chi connectivity index (χ1n) is 6.32. The number of thioether (sulfide) groups is 1. The van der Waals surface area contributed by atoms with Crippen LogP contribution in [0.1, 0.15) is 17.5 Å². The molecule has 0 aliphatic carbocycles. The number of aromatic nitrogens is 2. The minimum Gasteiger partial charge on any atom is -0.481 e. The number of hydrogen-bond donors (Lipinski definition) is 1. The first kappa shape index (κ1) is 14.5. The van der Waals surface area contributed by atoms with Crippen LogP contribution < -0.4 is 0 Å². The molecule has 0 fully saturated rings. The fourth-order valence-corrected chi connectivity index (χ4v) is 2.54. The number of nitrogens with zero attached hydrogens (tertiary/aromatic N) is 2. The van der Waals surface area contributed by atoms with E-state index < -0.39 is 5.97 Å². The Hall–Kier alpha value is -1.88. The number of benzene rings is 1. The summed E-state index contributed by atoms with van der Waals surface area (Å²) in [5, 5.41) is 17.7. The van der Waals surface area contributed by atoms with E-state index in [9.17, 15) is 4.79 Å². The molecule has 1 heterocycles. The molecule has 0 aliphatic rings. The normalized spacial score (nSPS) is 10.5. The molecule has 0 saturated heterocycles. The lowest BCUT2D eigenvalue weighted by atomic mass is 10.0. The van der Waals surface area contributed by atoms with Crippen LogP contribution in [-0.2, 0) is 4.79 Å². The fraction of sp³-hybridized carbons (Fsp3) is 0.267. The third-order valence-electron chi connectivity index (χ3n) is 2.87. The molecule has 2 rings (SSSR count). The van der Waals surface area contributed by atoms with Gasteiger partial charge in [0.1, 0.15) is 5.03 Å². The highest BCUT2D eigenvalue weighted by Crippen LogP contribution is 2.24. The molecule has 0 bridgehead atoms. The summed E-state index contributed by atoms with van der Waals surface area (Å²) in [6.07, 6.45) is 0.130. The van der Waals surface area contributed by atoms with E-state index in [0.717, 1.165) is 21.8 Å². The minimum absolute atomic E-state index is 0.130. The van der Waals surface area contributed by atoms with Crippen LogP contribution in [0.25, 0.3) is 11.3 Å². The molecule has 0 atom stereocenters. The van der Waals surface area contributed by atoms with Crippen LogP contribution in [0, 0.1) is 13.8 Å². The van der Waals surface area contributed by atoms with E-state index in [0.29, 0.717) is 5.75 Å². The number of hydrogen-bond acceptors (Lipinski definition) is 4. The van der Waals surface area contributed by atoms with Gasteiger partial charge in [0.05, 0.1) is 12.1 Å². The Morgan fingerprint density at radius 3 is 2.65 bits per heavy atom. The average Bonchev–Trinajstić information content (AvgIpc) is 2.42. The molecule has 1 aromatic heterocycles. The molecule has 1 aromatic carbocycles. The van der Waals surface area contributed by atoms with Gasteiger partial charge >= 0.3 is 5.97 Å². The lowest BCUT2D eigenvalue weighted by Crippen LogP contribution is -1.97. The second-order valence-electron chi connectivity index (χ2n) is 4.57. The van der Waals surface area contributed by atoms with Crippen LogP contribution in [-0.4, -0.2) is 27.0 Å². The van der Waals surface area contributed by atoms with Crippen LogP contribution in [0.4, 0.5) is 0 Å². The summed E-state index contributed by atoms with van der Waals surface area (Å²) in [4.78, 5) is 10.4. The van der Waals surface area contributed by atoms with Crippen LogP contribution in [0.2, 0.25) is 0 Å². The highest BCUT2D eigenvalue weighted by Gasteiger charge is 2.06. The Morgan fingerprint density at radius 2 is 2.00 bits per heavy atom. The molecule has 0 saturated carbocycles. The molecule has 4 nitrogen and oxygen atoms in total. The van der Waals surface area contributed by atoms with Gasteiger partial charge in [-0.05, 0) is 37.6 Å². The summed E-state index contributed by atoms with van der Waals surface area (Å²) in [7, 11) is 0. The van der Waals surface area contributed by atoms with Gasteiger partial charge in [-0.25, -0.2) is 0 Å². The predicted molar refractivity (Wildman–Crippen MR) is 79.9 cm³/mol. The molecule has 0 amide bonds. The van der Waals surface area contributed by atoms with Crippen LogP contribution in [0.5, 0.6) is 0 Å². The molecule has 104 valence electrons. The molecule has 0 aliphatic heterocycles. The van der Waals surface area contributed by atoms with Gasteiger partial charge in [0.15, 0.2) is 0 Å². The van der Waals surface area contributed by atoms with Gasteiger partial charge in [0.25, 0.3) is 0 Å². The van der Waals surface area contributed by atoms with Crippen LogP contribution in [0.3, 0.4) is 0 Å². The van der Waals surface area contributed by atoms with Crippen molar-refractivity contribution in [2.45, 2.75) is 25.3 Å². The lowest BCUT2D eigenvalue weighted by Gasteiger charge is -2.06. The van der Waals surface area contributed by atoms with E-state index in [1.807, 2.05) is 26.0 Å². The SMILES string of the molecule is Cc1ccc(C)c(-c2ccc(SCCC(=O)O)nn2)c1. The largest absolute Gasteiger partial charge is 0.481 e. The van der Waals surface area contributed by atoms with Crippen molar-refractivity contribution in [1.82, 2.24) is 10.2 Å². The van der Waals surface area contributed by atoms with Gasteiger partial charge in [-0.3, -0.25) is 4.79 Å². The quantitative estimate of drug-likeness (QED) is 0.855. The van der Waals surface area contributed by atoms with E-state index in [1.54, 1.807) is 0 Å². The molecule has 0 unspecified atom stereocenters. The monoisotopic (exact) mass is 288 g/mol. The van der Waals surface area contributed by atoms with Crippen molar-refractivity contribution in [3.63, 3.8) is 0 Å². The number of aliphatic carboxylic acids is 1. The summed E-state index contributed by atoms with van der Waals surface area (Å²) in [5.74, 6) is -0.287. The number of carboxylic acid groups (broad SMARTS) is 1. The molecule has 2 aromatic rings. The van der Waals surface area contributed by atoms with E-state index in [-0.39, 0.29) is 6.42 Å². The third-order valence-corrected chi connectivity index (χ3v) is 3.80. The molecular weight excluding hydrogens is 272 g/mol. The zero-order valence-electron chi connectivity index (χ0n) is 11.5. The number of rotatable bonds is 5. The molecular formula is C15H16N2O2S. The van der Waals surface area contributed by atoms with E-state index in [2.05, 4.69) is 28.4 Å². The summed E-state index contributed by atoms with van der Waals surface area (Å²) in [6.45, 7) is 4.10.